The van der Waals surface area contributed by atoms with E-state index in [4.69, 9.17) is 4.74 Å². The van der Waals surface area contributed by atoms with E-state index in [9.17, 15) is 14.4 Å². The molecule has 18 heavy (non-hydrogen) atoms. The van der Waals surface area contributed by atoms with E-state index in [2.05, 4.69) is 5.32 Å². The van der Waals surface area contributed by atoms with Crippen molar-refractivity contribution in [1.29, 1.82) is 0 Å². The zero-order valence-corrected chi connectivity index (χ0v) is 10.9. The van der Waals surface area contributed by atoms with Crippen molar-refractivity contribution in [2.24, 2.45) is 0 Å². The quantitative estimate of drug-likeness (QED) is 0.686. The highest BCUT2D eigenvalue weighted by Gasteiger charge is 2.24. The first-order valence-electron chi connectivity index (χ1n) is 6.08. The minimum absolute atomic E-state index is 0.0271. The third kappa shape index (κ3) is 4.83. The first-order chi connectivity index (χ1) is 8.52. The van der Waals surface area contributed by atoms with Crippen LogP contribution in [0.4, 0.5) is 0 Å². The lowest BCUT2D eigenvalue weighted by Crippen LogP contribution is -2.47. The van der Waals surface area contributed by atoms with Crippen molar-refractivity contribution >= 4 is 17.6 Å². The van der Waals surface area contributed by atoms with Crippen molar-refractivity contribution in [3.8, 4) is 0 Å². The lowest BCUT2D eigenvalue weighted by Gasteiger charge is -2.32. The number of nitrogens with zero attached hydrogens (tertiary/aromatic N) is 1. The standard InChI is InChI=1S/C12H20N2O4/c1-9(15)7-12(17)14-5-3-10(4-6-14)13-11(16)8-18-2/h10H,3-8H2,1-2H3,(H,13,16). The molecule has 102 valence electrons. The first kappa shape index (κ1) is 14.6. The van der Waals surface area contributed by atoms with Crippen LogP contribution in [0.15, 0.2) is 0 Å². The molecule has 1 heterocycles. The summed E-state index contributed by atoms with van der Waals surface area (Å²) in [5.41, 5.74) is 0. The van der Waals surface area contributed by atoms with Crippen LogP contribution >= 0.6 is 0 Å². The Labute approximate surface area is 107 Å². The molecule has 1 N–H and O–H groups in total. The third-order valence-corrected chi connectivity index (χ3v) is 2.89. The van der Waals surface area contributed by atoms with Crippen LogP contribution in [-0.2, 0) is 19.1 Å². The van der Waals surface area contributed by atoms with Gasteiger partial charge in [0.25, 0.3) is 0 Å². The van der Waals surface area contributed by atoms with Gasteiger partial charge in [0.15, 0.2) is 0 Å². The molecule has 0 aromatic carbocycles. The Morgan fingerprint density at radius 3 is 2.39 bits per heavy atom. The number of methoxy groups -OCH3 is 1. The van der Waals surface area contributed by atoms with E-state index in [1.807, 2.05) is 0 Å². The van der Waals surface area contributed by atoms with E-state index in [1.165, 1.54) is 14.0 Å². The highest BCUT2D eigenvalue weighted by atomic mass is 16.5. The van der Waals surface area contributed by atoms with Gasteiger partial charge in [0.05, 0.1) is 6.42 Å². The highest BCUT2D eigenvalue weighted by molar-refractivity contribution is 5.96. The smallest absolute Gasteiger partial charge is 0.246 e. The maximum absolute atomic E-state index is 11.6. The Morgan fingerprint density at radius 2 is 1.89 bits per heavy atom. The average Bonchev–Trinajstić information content (AvgIpc) is 2.29. The maximum Gasteiger partial charge on any atom is 0.246 e. The summed E-state index contributed by atoms with van der Waals surface area (Å²) in [5.74, 6) is -0.370. The van der Waals surface area contributed by atoms with Crippen LogP contribution in [0.1, 0.15) is 26.2 Å². The molecule has 1 aliphatic heterocycles. The largest absolute Gasteiger partial charge is 0.375 e. The summed E-state index contributed by atoms with van der Waals surface area (Å²) in [7, 11) is 1.47. The molecular weight excluding hydrogens is 236 g/mol. The Morgan fingerprint density at radius 1 is 1.28 bits per heavy atom. The lowest BCUT2D eigenvalue weighted by atomic mass is 10.0. The molecule has 0 spiro atoms. The molecule has 0 aromatic rings. The predicted octanol–water partition coefficient (Wildman–Crippen LogP) is -0.281. The number of likely N-dealkylation sites (tertiary alicyclic amines) is 1. The van der Waals surface area contributed by atoms with Gasteiger partial charge in [-0.1, -0.05) is 0 Å². The second kappa shape index (κ2) is 7.10. The van der Waals surface area contributed by atoms with Crippen LogP contribution in [0, 0.1) is 0 Å². The van der Waals surface area contributed by atoms with Gasteiger partial charge < -0.3 is 15.0 Å². The number of amides is 2. The van der Waals surface area contributed by atoms with Crippen LogP contribution in [0.2, 0.25) is 0 Å². The van der Waals surface area contributed by atoms with Crippen LogP contribution in [-0.4, -0.2) is 55.3 Å². The van der Waals surface area contributed by atoms with Gasteiger partial charge in [0.1, 0.15) is 12.4 Å². The molecule has 1 rings (SSSR count). The van der Waals surface area contributed by atoms with E-state index in [-0.39, 0.29) is 36.7 Å². The van der Waals surface area contributed by atoms with E-state index in [0.717, 1.165) is 12.8 Å². The van der Waals surface area contributed by atoms with E-state index in [0.29, 0.717) is 13.1 Å². The van der Waals surface area contributed by atoms with Gasteiger partial charge in [-0.3, -0.25) is 14.4 Å². The third-order valence-electron chi connectivity index (χ3n) is 2.89. The Bertz CT molecular complexity index is 322. The molecule has 1 fully saturated rings. The average molecular weight is 256 g/mol. The van der Waals surface area contributed by atoms with Crippen LogP contribution in [0.5, 0.6) is 0 Å². The van der Waals surface area contributed by atoms with Gasteiger partial charge in [-0.15, -0.1) is 0 Å². The second-order valence-electron chi connectivity index (χ2n) is 4.53. The number of ether oxygens (including phenoxy) is 1. The molecule has 1 saturated heterocycles. The van der Waals surface area contributed by atoms with Crippen molar-refractivity contribution in [3.05, 3.63) is 0 Å². The van der Waals surface area contributed by atoms with Crippen molar-refractivity contribution in [1.82, 2.24) is 10.2 Å². The number of piperidine rings is 1. The summed E-state index contributed by atoms with van der Waals surface area (Å²) in [5, 5.41) is 2.85. The van der Waals surface area contributed by atoms with E-state index < -0.39 is 0 Å². The zero-order chi connectivity index (χ0) is 13.5. The van der Waals surface area contributed by atoms with Gasteiger partial charge in [-0.25, -0.2) is 0 Å². The van der Waals surface area contributed by atoms with Crippen molar-refractivity contribution in [2.45, 2.75) is 32.2 Å². The van der Waals surface area contributed by atoms with Crippen molar-refractivity contribution in [3.63, 3.8) is 0 Å². The molecular formula is C12H20N2O4. The molecule has 0 unspecified atom stereocenters. The molecule has 1 aliphatic rings. The SMILES string of the molecule is COCC(=O)NC1CCN(C(=O)CC(C)=O)CC1. The number of Topliss-reactive ketones (excluding diaryl/α,β-unsaturated/α-hetero) is 1. The topological polar surface area (TPSA) is 75.7 Å². The highest BCUT2D eigenvalue weighted by Crippen LogP contribution is 2.11. The van der Waals surface area contributed by atoms with Crippen LogP contribution in [0.3, 0.4) is 0 Å². The fraction of sp³-hybridized carbons (Fsp3) is 0.750. The summed E-state index contributed by atoms with van der Waals surface area (Å²) in [6, 6.07) is 0.0917. The number of carbonyl (C=O) groups is 3. The number of carbonyl (C=O) groups excluding carboxylic acids is 3. The van der Waals surface area contributed by atoms with Crippen LogP contribution in [0.25, 0.3) is 0 Å². The van der Waals surface area contributed by atoms with Gasteiger partial charge >= 0.3 is 0 Å². The summed E-state index contributed by atoms with van der Waals surface area (Å²) >= 11 is 0. The molecule has 0 aliphatic carbocycles. The number of hydrogen-bond acceptors (Lipinski definition) is 4. The molecule has 2 amide bonds. The summed E-state index contributed by atoms with van der Waals surface area (Å²) in [6.07, 6.45) is 1.42. The molecule has 0 saturated carbocycles. The molecule has 0 bridgehead atoms. The normalized spacial score (nSPS) is 16.4. The molecule has 0 aromatic heterocycles. The fourth-order valence-corrected chi connectivity index (χ4v) is 2.00. The van der Waals surface area contributed by atoms with E-state index >= 15 is 0 Å². The second-order valence-corrected chi connectivity index (χ2v) is 4.53. The first-order valence-corrected chi connectivity index (χ1v) is 6.08. The summed E-state index contributed by atoms with van der Waals surface area (Å²) in [4.78, 5) is 35.5. The Balaban J connectivity index is 2.30. The number of nitrogens with one attached hydrogen (secondary N) is 1. The monoisotopic (exact) mass is 256 g/mol. The number of ketones is 1. The minimum Gasteiger partial charge on any atom is -0.375 e. The van der Waals surface area contributed by atoms with Gasteiger partial charge in [-0.05, 0) is 19.8 Å². The Hall–Kier alpha value is -1.43. The van der Waals surface area contributed by atoms with Crippen molar-refractivity contribution in [2.75, 3.05) is 26.8 Å². The van der Waals surface area contributed by atoms with E-state index in [1.54, 1.807) is 4.90 Å². The summed E-state index contributed by atoms with van der Waals surface area (Å²) in [6.45, 7) is 2.65. The predicted molar refractivity (Wildman–Crippen MR) is 64.9 cm³/mol. The number of rotatable bonds is 5. The number of hydrogen-bond donors (Lipinski definition) is 1. The van der Waals surface area contributed by atoms with Gasteiger partial charge in [-0.2, -0.15) is 0 Å². The molecule has 6 nitrogen and oxygen atoms in total. The van der Waals surface area contributed by atoms with Gasteiger partial charge in [0.2, 0.25) is 11.8 Å². The molecule has 6 heteroatoms. The van der Waals surface area contributed by atoms with Crippen LogP contribution < -0.4 is 5.32 Å². The van der Waals surface area contributed by atoms with Crippen molar-refractivity contribution < 1.29 is 19.1 Å². The maximum atomic E-state index is 11.6. The van der Waals surface area contributed by atoms with Gasteiger partial charge in [0, 0.05) is 26.2 Å². The Kier molecular flexibility index (Phi) is 5.77. The fourth-order valence-electron chi connectivity index (χ4n) is 2.00. The summed E-state index contributed by atoms with van der Waals surface area (Å²) < 4.78 is 4.73. The lowest BCUT2D eigenvalue weighted by molar-refractivity contribution is -0.135. The zero-order valence-electron chi connectivity index (χ0n) is 10.9. The molecule has 0 radical (unpaired) electrons. The minimum atomic E-state index is -0.133. The molecule has 0 atom stereocenters.